The average molecular weight is 379 g/mol. The SMILES string of the molecule is CCNC(c1ccc(Cl)c(C)c1)c1cc(Cl)c(Br)s1. The van der Waals surface area contributed by atoms with Crippen LogP contribution in [0.5, 0.6) is 0 Å². The molecule has 1 unspecified atom stereocenters. The van der Waals surface area contributed by atoms with E-state index >= 15 is 0 Å². The van der Waals surface area contributed by atoms with Gasteiger partial charge in [-0.05, 0) is 52.7 Å². The standard InChI is InChI=1S/C14H14BrCl2NS/c1-3-18-13(12-7-11(17)14(15)19-12)9-4-5-10(16)8(2)6-9/h4-7,13,18H,3H2,1-2H3. The molecule has 0 saturated heterocycles. The molecule has 0 radical (unpaired) electrons. The van der Waals surface area contributed by atoms with E-state index in [4.69, 9.17) is 23.2 Å². The van der Waals surface area contributed by atoms with Crippen LogP contribution in [0.2, 0.25) is 10.0 Å². The van der Waals surface area contributed by atoms with Gasteiger partial charge in [0.15, 0.2) is 0 Å². The summed E-state index contributed by atoms with van der Waals surface area (Å²) in [5.74, 6) is 0. The number of hydrogen-bond acceptors (Lipinski definition) is 2. The van der Waals surface area contributed by atoms with Crippen LogP contribution in [0.4, 0.5) is 0 Å². The Labute approximate surface area is 136 Å². The zero-order chi connectivity index (χ0) is 14.0. The lowest BCUT2D eigenvalue weighted by Gasteiger charge is -2.17. The number of aryl methyl sites for hydroxylation is 1. The molecule has 1 aromatic heterocycles. The van der Waals surface area contributed by atoms with E-state index in [0.29, 0.717) is 0 Å². The van der Waals surface area contributed by atoms with Crippen molar-refractivity contribution in [1.82, 2.24) is 5.32 Å². The summed E-state index contributed by atoms with van der Waals surface area (Å²) in [5, 5.41) is 5.04. The number of halogens is 3. The lowest BCUT2D eigenvalue weighted by Crippen LogP contribution is -2.21. The van der Waals surface area contributed by atoms with Crippen molar-refractivity contribution in [2.24, 2.45) is 0 Å². The number of thiophene rings is 1. The van der Waals surface area contributed by atoms with Crippen molar-refractivity contribution < 1.29 is 0 Å². The van der Waals surface area contributed by atoms with E-state index in [0.717, 1.165) is 25.9 Å². The first-order valence-corrected chi connectivity index (χ1v) is 8.33. The summed E-state index contributed by atoms with van der Waals surface area (Å²) < 4.78 is 0.970. The number of benzene rings is 1. The normalized spacial score (nSPS) is 12.7. The zero-order valence-corrected chi connectivity index (χ0v) is 14.6. The van der Waals surface area contributed by atoms with Crippen molar-refractivity contribution in [3.05, 3.63) is 54.1 Å². The van der Waals surface area contributed by atoms with Gasteiger partial charge < -0.3 is 5.32 Å². The minimum absolute atomic E-state index is 0.148. The predicted octanol–water partition coefficient (Wildman–Crippen LogP) is 5.82. The molecule has 2 aromatic rings. The molecular formula is C14H14BrCl2NS. The first kappa shape index (κ1) is 15.3. The van der Waals surface area contributed by atoms with Crippen LogP contribution in [0.3, 0.4) is 0 Å². The van der Waals surface area contributed by atoms with Crippen LogP contribution in [0.15, 0.2) is 28.1 Å². The molecule has 0 amide bonds. The van der Waals surface area contributed by atoms with E-state index in [2.05, 4.69) is 40.3 Å². The van der Waals surface area contributed by atoms with Gasteiger partial charge >= 0.3 is 0 Å². The zero-order valence-electron chi connectivity index (χ0n) is 10.6. The van der Waals surface area contributed by atoms with E-state index < -0.39 is 0 Å². The van der Waals surface area contributed by atoms with Crippen LogP contribution in [0, 0.1) is 6.92 Å². The van der Waals surface area contributed by atoms with Gasteiger partial charge in [-0.2, -0.15) is 0 Å². The molecule has 2 rings (SSSR count). The van der Waals surface area contributed by atoms with Crippen LogP contribution >= 0.6 is 50.5 Å². The highest BCUT2D eigenvalue weighted by Gasteiger charge is 2.17. The third-order valence-electron chi connectivity index (χ3n) is 2.87. The molecule has 1 nitrogen and oxygen atoms in total. The van der Waals surface area contributed by atoms with E-state index in [1.807, 2.05) is 19.1 Å². The van der Waals surface area contributed by atoms with Gasteiger partial charge in [-0.15, -0.1) is 11.3 Å². The minimum Gasteiger partial charge on any atom is -0.306 e. The molecule has 1 atom stereocenters. The molecule has 5 heteroatoms. The van der Waals surface area contributed by atoms with Crippen LogP contribution in [-0.2, 0) is 0 Å². The summed E-state index contributed by atoms with van der Waals surface area (Å²) in [7, 11) is 0. The van der Waals surface area contributed by atoms with Gasteiger partial charge in [0.2, 0.25) is 0 Å². The topological polar surface area (TPSA) is 12.0 Å². The Morgan fingerprint density at radius 2 is 2.00 bits per heavy atom. The third-order valence-corrected chi connectivity index (χ3v) is 5.84. The molecule has 102 valence electrons. The fourth-order valence-corrected chi connectivity index (χ4v) is 3.91. The summed E-state index contributed by atoms with van der Waals surface area (Å²) in [5.41, 5.74) is 2.29. The molecule has 0 spiro atoms. The Morgan fingerprint density at radius 3 is 2.53 bits per heavy atom. The third kappa shape index (κ3) is 3.53. The monoisotopic (exact) mass is 377 g/mol. The molecule has 0 saturated carbocycles. The van der Waals surface area contributed by atoms with E-state index in [-0.39, 0.29) is 6.04 Å². The van der Waals surface area contributed by atoms with Crippen LogP contribution < -0.4 is 5.32 Å². The van der Waals surface area contributed by atoms with Crippen molar-refractivity contribution in [2.75, 3.05) is 6.54 Å². The van der Waals surface area contributed by atoms with Gasteiger partial charge in [0, 0.05) is 9.90 Å². The number of nitrogens with one attached hydrogen (secondary N) is 1. The second-order valence-corrected chi connectivity index (χ2v) is 7.49. The smallest absolute Gasteiger partial charge is 0.0888 e. The Morgan fingerprint density at radius 1 is 1.26 bits per heavy atom. The number of hydrogen-bond donors (Lipinski definition) is 1. The van der Waals surface area contributed by atoms with Gasteiger partial charge in [0.1, 0.15) is 0 Å². The minimum atomic E-state index is 0.148. The molecular weight excluding hydrogens is 365 g/mol. The van der Waals surface area contributed by atoms with E-state index in [1.54, 1.807) is 11.3 Å². The predicted molar refractivity (Wildman–Crippen MR) is 88.7 cm³/mol. The van der Waals surface area contributed by atoms with Crippen molar-refractivity contribution in [3.8, 4) is 0 Å². The van der Waals surface area contributed by atoms with Gasteiger partial charge in [-0.3, -0.25) is 0 Å². The lowest BCUT2D eigenvalue weighted by molar-refractivity contribution is 0.639. The van der Waals surface area contributed by atoms with Crippen LogP contribution in [0.1, 0.15) is 29.0 Å². The first-order valence-electron chi connectivity index (χ1n) is 5.97. The Bertz CT molecular complexity index is 563. The highest BCUT2D eigenvalue weighted by molar-refractivity contribution is 9.11. The number of rotatable bonds is 4. The Kier molecular flexibility index (Phi) is 5.32. The quantitative estimate of drug-likeness (QED) is 0.706. The second-order valence-electron chi connectivity index (χ2n) is 4.27. The second kappa shape index (κ2) is 6.59. The molecule has 0 fully saturated rings. The molecule has 0 aliphatic rings. The van der Waals surface area contributed by atoms with Crippen molar-refractivity contribution >= 4 is 50.5 Å². The van der Waals surface area contributed by atoms with Crippen molar-refractivity contribution in [2.45, 2.75) is 19.9 Å². The Balaban J connectivity index is 2.41. The fourth-order valence-electron chi connectivity index (χ4n) is 1.94. The molecule has 0 aliphatic carbocycles. The average Bonchev–Trinajstić information content (AvgIpc) is 2.70. The van der Waals surface area contributed by atoms with Gasteiger partial charge in [0.25, 0.3) is 0 Å². The molecule has 1 heterocycles. The molecule has 0 aliphatic heterocycles. The summed E-state index contributed by atoms with van der Waals surface area (Å²) >= 11 is 17.4. The van der Waals surface area contributed by atoms with E-state index in [1.165, 1.54) is 10.4 Å². The van der Waals surface area contributed by atoms with Crippen molar-refractivity contribution in [1.29, 1.82) is 0 Å². The Hall–Kier alpha value is -0.0600. The maximum atomic E-state index is 6.13. The maximum absolute atomic E-state index is 6.13. The molecule has 19 heavy (non-hydrogen) atoms. The lowest BCUT2D eigenvalue weighted by atomic mass is 10.0. The van der Waals surface area contributed by atoms with Crippen molar-refractivity contribution in [3.63, 3.8) is 0 Å². The largest absolute Gasteiger partial charge is 0.306 e. The maximum Gasteiger partial charge on any atom is 0.0888 e. The molecule has 1 aromatic carbocycles. The van der Waals surface area contributed by atoms with Gasteiger partial charge in [-0.1, -0.05) is 42.3 Å². The molecule has 1 N–H and O–H groups in total. The highest BCUT2D eigenvalue weighted by Crippen LogP contribution is 2.37. The summed E-state index contributed by atoms with van der Waals surface area (Å²) in [6.45, 7) is 5.01. The fraction of sp³-hybridized carbons (Fsp3) is 0.286. The van der Waals surface area contributed by atoms with Gasteiger partial charge in [0.05, 0.1) is 14.9 Å². The first-order chi connectivity index (χ1) is 9.02. The van der Waals surface area contributed by atoms with Crippen LogP contribution in [-0.4, -0.2) is 6.54 Å². The summed E-state index contributed by atoms with van der Waals surface area (Å²) in [6, 6.07) is 8.28. The van der Waals surface area contributed by atoms with E-state index in [9.17, 15) is 0 Å². The summed E-state index contributed by atoms with van der Waals surface area (Å²) in [6.07, 6.45) is 0. The van der Waals surface area contributed by atoms with Gasteiger partial charge in [-0.25, -0.2) is 0 Å². The summed E-state index contributed by atoms with van der Waals surface area (Å²) in [4.78, 5) is 1.19. The van der Waals surface area contributed by atoms with Crippen LogP contribution in [0.25, 0.3) is 0 Å². The highest BCUT2D eigenvalue weighted by atomic mass is 79.9. The molecule has 0 bridgehead atoms.